The van der Waals surface area contributed by atoms with E-state index in [9.17, 15) is 0 Å². The first-order chi connectivity index (χ1) is 30.3. The molecule has 3 nitrogen and oxygen atoms in total. The van der Waals surface area contributed by atoms with Crippen molar-refractivity contribution < 1.29 is 0 Å². The quantitative estimate of drug-likeness (QED) is 0.176. The lowest BCUT2D eigenvalue weighted by molar-refractivity contribution is 0.590. The minimum atomic E-state index is 0.0647. The predicted octanol–water partition coefficient (Wildman–Crippen LogP) is 14.4. The SMILES string of the molecule is Cc1ccc2c(c1)[B]c1c(-c3cc4c(cc3Nc3ccc(C(C)(C)C)cc3)sc3ccccc34)cc(-n3c4ccccc4c4ccccc43)c3c4ccc5ccccc5c4n-2c13. The fourth-order valence-corrected chi connectivity index (χ4v) is 11.5. The Morgan fingerprint density at radius 1 is 0.516 bits per heavy atom. The third kappa shape index (κ3) is 5.12. The molecule has 3 aromatic heterocycles. The van der Waals surface area contributed by atoms with E-state index in [1.165, 1.54) is 119 Å². The van der Waals surface area contributed by atoms with Gasteiger partial charge < -0.3 is 14.5 Å². The molecular weight excluding hydrogens is 770 g/mol. The summed E-state index contributed by atoms with van der Waals surface area (Å²) >= 11 is 1.87. The number of benzene rings is 9. The van der Waals surface area contributed by atoms with Gasteiger partial charge in [-0.15, -0.1) is 11.3 Å². The summed E-state index contributed by atoms with van der Waals surface area (Å²) in [6.45, 7) is 9.03. The minimum Gasteiger partial charge on any atom is -0.355 e. The highest BCUT2D eigenvalue weighted by atomic mass is 32.1. The normalized spacial score (nSPS) is 12.6. The third-order valence-electron chi connectivity index (χ3n) is 13.3. The number of nitrogens with zero attached hydrogens (tertiary/aromatic N) is 2. The van der Waals surface area contributed by atoms with Crippen LogP contribution in [0.3, 0.4) is 0 Å². The molecule has 1 aliphatic rings. The summed E-state index contributed by atoms with van der Waals surface area (Å²) in [5, 5.41) is 14.1. The lowest BCUT2D eigenvalue weighted by atomic mass is 9.58. The van der Waals surface area contributed by atoms with Gasteiger partial charge in [-0.3, -0.25) is 0 Å². The second-order valence-electron chi connectivity index (χ2n) is 18.1. The summed E-state index contributed by atoms with van der Waals surface area (Å²) < 4.78 is 7.69. The van der Waals surface area contributed by atoms with Gasteiger partial charge in [-0.2, -0.15) is 0 Å². The molecule has 1 N–H and O–H groups in total. The van der Waals surface area contributed by atoms with Crippen molar-refractivity contribution in [2.75, 3.05) is 5.32 Å². The highest BCUT2D eigenvalue weighted by molar-refractivity contribution is 7.25. The molecule has 4 heterocycles. The molecular formula is C57H41BN3S. The maximum Gasteiger partial charge on any atom is 0.197 e. The topological polar surface area (TPSA) is 21.9 Å². The standard InChI is InChI=1S/C57H41BN3S/c1-33-21-28-49-45(29-33)58-54-44(42-30-43-40-17-9-12-20-51(40)62-52(43)32-46(42)59-36-25-23-35(24-26-36)57(2,3)4)31-50(60-47-18-10-7-15-38(47)39-16-8-11-19-48(39)60)53-41-27-22-34-13-5-6-14-37(34)55(41)61(49)56(53)54/h5-32,59H,1-4H3. The zero-order valence-electron chi connectivity index (χ0n) is 35.0. The van der Waals surface area contributed by atoms with E-state index in [0.29, 0.717) is 0 Å². The Hall–Kier alpha value is -7.08. The minimum absolute atomic E-state index is 0.0647. The molecule has 12 aromatic rings. The van der Waals surface area contributed by atoms with Gasteiger partial charge in [0.25, 0.3) is 0 Å². The van der Waals surface area contributed by atoms with E-state index < -0.39 is 0 Å². The number of aryl methyl sites for hydroxylation is 1. The fraction of sp³-hybridized carbons (Fsp3) is 0.0877. The number of hydrogen-bond acceptors (Lipinski definition) is 2. The number of nitrogens with one attached hydrogen (secondary N) is 1. The molecule has 0 fully saturated rings. The van der Waals surface area contributed by atoms with Crippen LogP contribution in [0.1, 0.15) is 31.9 Å². The zero-order chi connectivity index (χ0) is 41.4. The Morgan fingerprint density at radius 3 is 1.97 bits per heavy atom. The molecule has 1 aliphatic heterocycles. The average Bonchev–Trinajstić information content (AvgIpc) is 3.95. The molecule has 0 spiro atoms. The molecule has 1 radical (unpaired) electrons. The fourth-order valence-electron chi connectivity index (χ4n) is 10.4. The first-order valence-corrected chi connectivity index (χ1v) is 22.4. The first-order valence-electron chi connectivity index (χ1n) is 21.6. The van der Waals surface area contributed by atoms with Crippen LogP contribution in [0.4, 0.5) is 11.4 Å². The summed E-state index contributed by atoms with van der Waals surface area (Å²) in [5.74, 6) is 0. The van der Waals surface area contributed by atoms with Crippen molar-refractivity contribution in [3.63, 3.8) is 0 Å². The zero-order valence-corrected chi connectivity index (χ0v) is 35.9. The molecule has 62 heavy (non-hydrogen) atoms. The Kier molecular flexibility index (Phi) is 7.46. The van der Waals surface area contributed by atoms with Crippen molar-refractivity contribution in [1.29, 1.82) is 0 Å². The van der Waals surface area contributed by atoms with Crippen LogP contribution in [0.15, 0.2) is 170 Å². The van der Waals surface area contributed by atoms with Gasteiger partial charge in [0.1, 0.15) is 0 Å². The van der Waals surface area contributed by atoms with E-state index in [1.807, 2.05) is 11.3 Å². The number of para-hydroxylation sites is 2. The van der Waals surface area contributed by atoms with Gasteiger partial charge in [0, 0.05) is 69.7 Å². The van der Waals surface area contributed by atoms with Crippen molar-refractivity contribution in [2.45, 2.75) is 33.1 Å². The van der Waals surface area contributed by atoms with Crippen LogP contribution in [-0.4, -0.2) is 16.4 Å². The molecule has 0 saturated carbocycles. The molecule has 0 atom stereocenters. The number of thiophene rings is 1. The van der Waals surface area contributed by atoms with Gasteiger partial charge in [-0.05, 0) is 88.9 Å². The van der Waals surface area contributed by atoms with Crippen molar-refractivity contribution in [3.8, 4) is 22.5 Å². The van der Waals surface area contributed by atoms with Gasteiger partial charge in [0.15, 0.2) is 7.28 Å². The number of anilines is 2. The molecule has 0 saturated heterocycles. The Morgan fingerprint density at radius 2 is 1.21 bits per heavy atom. The summed E-state index contributed by atoms with van der Waals surface area (Å²) in [5.41, 5.74) is 16.9. The number of fused-ring (bicyclic) bond motifs is 13. The largest absolute Gasteiger partial charge is 0.355 e. The molecule has 9 aromatic carbocycles. The van der Waals surface area contributed by atoms with Crippen LogP contribution in [0.25, 0.3) is 97.1 Å². The number of rotatable bonds is 4. The van der Waals surface area contributed by atoms with Crippen LogP contribution in [0.2, 0.25) is 0 Å². The molecule has 5 heteroatoms. The van der Waals surface area contributed by atoms with Crippen molar-refractivity contribution >= 4 is 115 Å². The van der Waals surface area contributed by atoms with E-state index in [0.717, 1.165) is 11.4 Å². The van der Waals surface area contributed by atoms with Crippen LogP contribution < -0.4 is 16.2 Å². The van der Waals surface area contributed by atoms with Crippen LogP contribution in [-0.2, 0) is 5.41 Å². The van der Waals surface area contributed by atoms with Crippen LogP contribution >= 0.6 is 11.3 Å². The molecule has 293 valence electrons. The highest BCUT2D eigenvalue weighted by Gasteiger charge is 2.31. The summed E-state index contributed by atoms with van der Waals surface area (Å²) in [7, 11) is 2.47. The summed E-state index contributed by atoms with van der Waals surface area (Å²) in [6, 6.07) is 63.6. The van der Waals surface area contributed by atoms with E-state index in [1.54, 1.807) is 0 Å². The smallest absolute Gasteiger partial charge is 0.197 e. The predicted molar refractivity (Wildman–Crippen MR) is 269 cm³/mol. The summed E-state index contributed by atoms with van der Waals surface area (Å²) in [6.07, 6.45) is 0. The molecule has 13 rings (SSSR count). The Labute approximate surface area is 364 Å². The van der Waals surface area contributed by atoms with Gasteiger partial charge in [0.05, 0.1) is 27.8 Å². The molecule has 0 amide bonds. The Balaban J connectivity index is 1.22. The lowest BCUT2D eigenvalue weighted by Crippen LogP contribution is -2.37. The molecule has 0 aliphatic carbocycles. The highest BCUT2D eigenvalue weighted by Crippen LogP contribution is 2.47. The number of aromatic nitrogens is 2. The van der Waals surface area contributed by atoms with Crippen LogP contribution in [0.5, 0.6) is 0 Å². The van der Waals surface area contributed by atoms with Gasteiger partial charge in [0.2, 0.25) is 0 Å². The Bertz CT molecular complexity index is 3800. The van der Waals surface area contributed by atoms with Gasteiger partial charge in [-0.25, -0.2) is 0 Å². The second-order valence-corrected chi connectivity index (χ2v) is 19.2. The molecule has 0 bridgehead atoms. The molecule has 0 unspecified atom stereocenters. The number of hydrogen-bond donors (Lipinski definition) is 1. The van der Waals surface area contributed by atoms with Crippen molar-refractivity contribution in [3.05, 3.63) is 181 Å². The lowest BCUT2D eigenvalue weighted by Gasteiger charge is -2.26. The van der Waals surface area contributed by atoms with E-state index >= 15 is 0 Å². The summed E-state index contributed by atoms with van der Waals surface area (Å²) in [4.78, 5) is 0. The third-order valence-corrected chi connectivity index (χ3v) is 14.5. The van der Waals surface area contributed by atoms with E-state index in [2.05, 4.69) is 219 Å². The van der Waals surface area contributed by atoms with E-state index in [-0.39, 0.29) is 5.41 Å². The second kappa shape index (κ2) is 13.0. The monoisotopic (exact) mass is 810 g/mol. The van der Waals surface area contributed by atoms with Gasteiger partial charge in [-0.1, -0.05) is 147 Å². The maximum absolute atomic E-state index is 3.99. The van der Waals surface area contributed by atoms with Crippen LogP contribution in [0, 0.1) is 6.92 Å². The van der Waals surface area contributed by atoms with Crippen molar-refractivity contribution in [1.82, 2.24) is 9.13 Å². The van der Waals surface area contributed by atoms with Crippen molar-refractivity contribution in [2.24, 2.45) is 0 Å². The first kappa shape index (κ1) is 35.7. The average molecular weight is 811 g/mol. The van der Waals surface area contributed by atoms with E-state index in [4.69, 9.17) is 0 Å². The maximum atomic E-state index is 3.99. The van der Waals surface area contributed by atoms with Gasteiger partial charge >= 0.3 is 0 Å².